The minimum absolute atomic E-state index is 0.109. The first kappa shape index (κ1) is 12.3. The van der Waals surface area contributed by atoms with E-state index < -0.39 is 40.7 Å². The third kappa shape index (κ3) is 2.00. The smallest absolute Gasteiger partial charge is 0.200 e. The molecular formula is C10H9F5N2. The third-order valence-electron chi connectivity index (χ3n) is 2.63. The van der Waals surface area contributed by atoms with Gasteiger partial charge in [0.15, 0.2) is 23.3 Å². The van der Waals surface area contributed by atoms with Crippen molar-refractivity contribution >= 4 is 0 Å². The Balaban J connectivity index is 2.52. The van der Waals surface area contributed by atoms with Crippen LogP contribution in [-0.4, -0.2) is 19.6 Å². The van der Waals surface area contributed by atoms with E-state index in [1.165, 1.54) is 0 Å². The maximum Gasteiger partial charge on any atom is 0.200 e. The second kappa shape index (κ2) is 4.58. The molecule has 0 aliphatic carbocycles. The maximum atomic E-state index is 13.4. The zero-order valence-corrected chi connectivity index (χ0v) is 8.59. The zero-order valence-electron chi connectivity index (χ0n) is 8.59. The number of hydrogen-bond acceptors (Lipinski definition) is 2. The molecule has 0 amide bonds. The van der Waals surface area contributed by atoms with Crippen molar-refractivity contribution < 1.29 is 22.0 Å². The summed E-state index contributed by atoms with van der Waals surface area (Å²) in [4.78, 5) is 0. The molecule has 17 heavy (non-hydrogen) atoms. The first-order valence-corrected chi connectivity index (χ1v) is 4.99. The standard InChI is InChI=1S/C10H9F5N2/c11-6-5(4-3-16-1-2-17-4)7(12)9(14)10(15)8(6)13/h4,16-17H,1-3H2/t4-/m1/s1. The van der Waals surface area contributed by atoms with Crippen molar-refractivity contribution in [2.24, 2.45) is 0 Å². The monoisotopic (exact) mass is 252 g/mol. The molecule has 0 saturated carbocycles. The van der Waals surface area contributed by atoms with Crippen LogP contribution in [0.1, 0.15) is 11.6 Å². The van der Waals surface area contributed by atoms with Gasteiger partial charge in [0.2, 0.25) is 5.82 Å². The van der Waals surface area contributed by atoms with Crippen molar-refractivity contribution in [1.29, 1.82) is 0 Å². The van der Waals surface area contributed by atoms with Gasteiger partial charge >= 0.3 is 0 Å². The predicted molar refractivity (Wildman–Crippen MR) is 49.8 cm³/mol. The number of benzene rings is 1. The minimum atomic E-state index is -2.13. The average molecular weight is 252 g/mol. The first-order chi connectivity index (χ1) is 8.04. The highest BCUT2D eigenvalue weighted by atomic mass is 19.2. The second-order valence-corrected chi connectivity index (χ2v) is 3.69. The third-order valence-corrected chi connectivity index (χ3v) is 2.63. The van der Waals surface area contributed by atoms with Crippen LogP contribution in [0.15, 0.2) is 0 Å². The quantitative estimate of drug-likeness (QED) is 0.451. The lowest BCUT2D eigenvalue weighted by Gasteiger charge is -2.25. The van der Waals surface area contributed by atoms with Gasteiger partial charge in [0.25, 0.3) is 0 Å². The average Bonchev–Trinajstić information content (AvgIpc) is 2.36. The molecule has 0 spiro atoms. The molecule has 7 heteroatoms. The SMILES string of the molecule is Fc1c(F)c(F)c([C@H]2CNCCN2)c(F)c1F. The van der Waals surface area contributed by atoms with Crippen LogP contribution >= 0.6 is 0 Å². The van der Waals surface area contributed by atoms with E-state index >= 15 is 0 Å². The Kier molecular flexibility index (Phi) is 3.30. The van der Waals surface area contributed by atoms with E-state index in [-0.39, 0.29) is 6.54 Å². The maximum absolute atomic E-state index is 13.4. The molecule has 2 nitrogen and oxygen atoms in total. The van der Waals surface area contributed by atoms with Crippen molar-refractivity contribution in [2.75, 3.05) is 19.6 Å². The van der Waals surface area contributed by atoms with E-state index in [9.17, 15) is 22.0 Å². The second-order valence-electron chi connectivity index (χ2n) is 3.69. The van der Waals surface area contributed by atoms with E-state index in [0.29, 0.717) is 13.1 Å². The summed E-state index contributed by atoms with van der Waals surface area (Å²) in [5.74, 6) is -9.50. The fourth-order valence-corrected chi connectivity index (χ4v) is 1.79. The van der Waals surface area contributed by atoms with Gasteiger partial charge in [-0.15, -0.1) is 0 Å². The number of piperazine rings is 1. The molecule has 94 valence electrons. The highest BCUT2D eigenvalue weighted by Gasteiger charge is 2.30. The molecule has 1 fully saturated rings. The van der Waals surface area contributed by atoms with Crippen LogP contribution in [0.3, 0.4) is 0 Å². The van der Waals surface area contributed by atoms with Gasteiger partial charge in [-0.1, -0.05) is 0 Å². The molecule has 1 aliphatic heterocycles. The molecule has 0 unspecified atom stereocenters. The van der Waals surface area contributed by atoms with E-state index in [1.807, 2.05) is 0 Å². The normalized spacial score (nSPS) is 20.6. The molecule has 2 rings (SSSR count). The van der Waals surface area contributed by atoms with Crippen molar-refractivity contribution in [2.45, 2.75) is 6.04 Å². The molecule has 1 saturated heterocycles. The van der Waals surface area contributed by atoms with Gasteiger partial charge in [0.1, 0.15) is 0 Å². The Labute approximate surface area is 93.8 Å². The van der Waals surface area contributed by atoms with Crippen LogP contribution in [0.25, 0.3) is 0 Å². The van der Waals surface area contributed by atoms with Crippen LogP contribution in [0.2, 0.25) is 0 Å². The Morgan fingerprint density at radius 3 is 1.76 bits per heavy atom. The predicted octanol–water partition coefficient (Wildman–Crippen LogP) is 1.62. The van der Waals surface area contributed by atoms with Gasteiger partial charge in [-0.2, -0.15) is 0 Å². The molecule has 0 radical (unpaired) electrons. The topological polar surface area (TPSA) is 24.1 Å². The Morgan fingerprint density at radius 1 is 0.765 bits per heavy atom. The fourth-order valence-electron chi connectivity index (χ4n) is 1.79. The number of hydrogen-bond donors (Lipinski definition) is 2. The zero-order chi connectivity index (χ0) is 12.6. The van der Waals surface area contributed by atoms with Crippen molar-refractivity contribution in [3.8, 4) is 0 Å². The number of halogens is 5. The van der Waals surface area contributed by atoms with E-state index in [2.05, 4.69) is 10.6 Å². The summed E-state index contributed by atoms with van der Waals surface area (Å²) in [5, 5.41) is 5.50. The first-order valence-electron chi connectivity index (χ1n) is 4.99. The summed E-state index contributed by atoms with van der Waals surface area (Å²) >= 11 is 0. The van der Waals surface area contributed by atoms with Crippen LogP contribution in [0, 0.1) is 29.1 Å². The summed E-state index contributed by atoms with van der Waals surface area (Å²) < 4.78 is 65.5. The summed E-state index contributed by atoms with van der Waals surface area (Å²) in [6.45, 7) is 1.08. The highest BCUT2D eigenvalue weighted by molar-refractivity contribution is 5.27. The van der Waals surface area contributed by atoms with Gasteiger partial charge in [0, 0.05) is 25.2 Å². The van der Waals surface area contributed by atoms with Crippen LogP contribution < -0.4 is 10.6 Å². The van der Waals surface area contributed by atoms with Crippen molar-refractivity contribution in [3.05, 3.63) is 34.6 Å². The molecule has 0 aromatic heterocycles. The molecule has 1 aliphatic rings. The molecule has 0 bridgehead atoms. The fraction of sp³-hybridized carbons (Fsp3) is 0.400. The summed E-state index contributed by atoms with van der Waals surface area (Å²) in [6, 6.07) is -0.923. The summed E-state index contributed by atoms with van der Waals surface area (Å²) in [6.07, 6.45) is 0. The van der Waals surface area contributed by atoms with Crippen molar-refractivity contribution in [1.82, 2.24) is 10.6 Å². The van der Waals surface area contributed by atoms with E-state index in [1.54, 1.807) is 0 Å². The van der Waals surface area contributed by atoms with Crippen molar-refractivity contribution in [3.63, 3.8) is 0 Å². The van der Waals surface area contributed by atoms with Gasteiger partial charge in [-0.25, -0.2) is 22.0 Å². The lowest BCUT2D eigenvalue weighted by molar-refractivity contribution is 0.342. The molecule has 1 aromatic rings. The molecule has 1 aromatic carbocycles. The largest absolute Gasteiger partial charge is 0.314 e. The van der Waals surface area contributed by atoms with Gasteiger partial charge < -0.3 is 10.6 Å². The lowest BCUT2D eigenvalue weighted by Crippen LogP contribution is -2.43. The summed E-state index contributed by atoms with van der Waals surface area (Å²) in [7, 11) is 0. The van der Waals surface area contributed by atoms with E-state index in [4.69, 9.17) is 0 Å². The Morgan fingerprint density at radius 2 is 1.29 bits per heavy atom. The molecule has 1 atom stereocenters. The lowest BCUT2D eigenvalue weighted by atomic mass is 10.0. The van der Waals surface area contributed by atoms with Crippen LogP contribution in [0.5, 0.6) is 0 Å². The Bertz CT molecular complexity index is 414. The molecule has 1 heterocycles. The van der Waals surface area contributed by atoms with Crippen LogP contribution in [0.4, 0.5) is 22.0 Å². The Hall–Kier alpha value is -1.21. The molecule has 2 N–H and O–H groups in total. The minimum Gasteiger partial charge on any atom is -0.314 e. The van der Waals surface area contributed by atoms with Gasteiger partial charge in [-0.3, -0.25) is 0 Å². The summed E-state index contributed by atoms with van der Waals surface area (Å²) in [5.41, 5.74) is -0.811. The van der Waals surface area contributed by atoms with Gasteiger partial charge in [0.05, 0.1) is 6.04 Å². The van der Waals surface area contributed by atoms with E-state index in [0.717, 1.165) is 0 Å². The molecular weight excluding hydrogens is 243 g/mol. The van der Waals surface area contributed by atoms with Gasteiger partial charge in [-0.05, 0) is 0 Å². The highest BCUT2D eigenvalue weighted by Crippen LogP contribution is 2.27. The van der Waals surface area contributed by atoms with Crippen LogP contribution in [-0.2, 0) is 0 Å². The number of nitrogens with one attached hydrogen (secondary N) is 2. The number of rotatable bonds is 1.